The number of carbonyl (C=O) groups is 1. The van der Waals surface area contributed by atoms with Crippen LogP contribution in [-0.4, -0.2) is 43.7 Å². The zero-order chi connectivity index (χ0) is 15.1. The number of amides is 2. The second-order valence-electron chi connectivity index (χ2n) is 5.29. The molecule has 0 saturated carbocycles. The average Bonchev–Trinajstić information content (AvgIpc) is 2.87. The molecule has 0 radical (unpaired) electrons. The van der Waals surface area contributed by atoms with Crippen molar-refractivity contribution in [2.45, 2.75) is 13.5 Å². The molecule has 5 nitrogen and oxygen atoms in total. The summed E-state index contributed by atoms with van der Waals surface area (Å²) in [5.41, 5.74) is 2.17. The van der Waals surface area contributed by atoms with E-state index in [1.807, 2.05) is 30.0 Å². The van der Waals surface area contributed by atoms with Crippen LogP contribution in [0.5, 0.6) is 5.75 Å². The third-order valence-electron chi connectivity index (χ3n) is 3.22. The van der Waals surface area contributed by atoms with Crippen molar-refractivity contribution >= 4 is 6.03 Å². The molecule has 2 N–H and O–H groups in total. The lowest BCUT2D eigenvalue weighted by molar-refractivity contribution is 0.217. The number of hydrogen-bond acceptors (Lipinski definition) is 3. The highest BCUT2D eigenvalue weighted by Gasteiger charge is 2.17. The summed E-state index contributed by atoms with van der Waals surface area (Å²) in [4.78, 5) is 13.2. The van der Waals surface area contributed by atoms with Crippen LogP contribution < -0.4 is 15.4 Å². The Morgan fingerprint density at radius 2 is 2.38 bits per heavy atom. The summed E-state index contributed by atoms with van der Waals surface area (Å²) in [6.07, 6.45) is 0. The van der Waals surface area contributed by atoms with Gasteiger partial charge in [0.25, 0.3) is 0 Å². The van der Waals surface area contributed by atoms with Gasteiger partial charge in [0.15, 0.2) is 0 Å². The largest absolute Gasteiger partial charge is 0.489 e. The number of hydrogen-bond donors (Lipinski definition) is 2. The summed E-state index contributed by atoms with van der Waals surface area (Å²) in [5.74, 6) is 0.858. The SMILES string of the molecule is C=C(C)COc1cccc(CNCCN2CCNC2=O)c1. The molecule has 114 valence electrons. The van der Waals surface area contributed by atoms with Crippen LogP contribution in [0.4, 0.5) is 4.79 Å². The summed E-state index contributed by atoms with van der Waals surface area (Å²) in [7, 11) is 0. The second kappa shape index (κ2) is 7.69. The Morgan fingerprint density at radius 1 is 1.52 bits per heavy atom. The third kappa shape index (κ3) is 5.11. The first-order chi connectivity index (χ1) is 10.1. The van der Waals surface area contributed by atoms with Crippen LogP contribution in [0.2, 0.25) is 0 Å². The Bertz CT molecular complexity index is 502. The first-order valence-electron chi connectivity index (χ1n) is 7.25. The molecule has 21 heavy (non-hydrogen) atoms. The van der Waals surface area contributed by atoms with Crippen molar-refractivity contribution < 1.29 is 9.53 Å². The normalized spacial score (nSPS) is 14.1. The predicted molar refractivity (Wildman–Crippen MR) is 83.4 cm³/mol. The molecule has 1 aliphatic heterocycles. The van der Waals surface area contributed by atoms with Crippen LogP contribution in [0, 0.1) is 0 Å². The molecule has 1 aromatic rings. The standard InChI is InChI=1S/C16H23N3O2/c1-13(2)12-21-15-5-3-4-14(10-15)11-17-6-8-19-9-7-18-16(19)20/h3-5,10,17H,1,6-9,11-12H2,2H3,(H,18,20). The first kappa shape index (κ1) is 15.4. The molecule has 1 heterocycles. The van der Waals surface area contributed by atoms with E-state index in [1.54, 1.807) is 0 Å². The second-order valence-corrected chi connectivity index (χ2v) is 5.29. The van der Waals surface area contributed by atoms with Gasteiger partial charge in [-0.05, 0) is 30.2 Å². The minimum atomic E-state index is 0.0343. The molecule has 0 aliphatic carbocycles. The van der Waals surface area contributed by atoms with E-state index >= 15 is 0 Å². The molecule has 2 amide bonds. The molecule has 0 spiro atoms. The highest BCUT2D eigenvalue weighted by Crippen LogP contribution is 2.13. The van der Waals surface area contributed by atoms with Crippen molar-refractivity contribution in [3.8, 4) is 5.75 Å². The molecule has 0 atom stereocenters. The van der Waals surface area contributed by atoms with Crippen LogP contribution in [0.1, 0.15) is 12.5 Å². The van der Waals surface area contributed by atoms with Crippen molar-refractivity contribution in [1.82, 2.24) is 15.5 Å². The van der Waals surface area contributed by atoms with Crippen molar-refractivity contribution in [2.24, 2.45) is 0 Å². The van der Waals surface area contributed by atoms with E-state index in [-0.39, 0.29) is 6.03 Å². The van der Waals surface area contributed by atoms with E-state index in [2.05, 4.69) is 23.3 Å². The smallest absolute Gasteiger partial charge is 0.317 e. The molecule has 1 aromatic carbocycles. The van der Waals surface area contributed by atoms with Crippen LogP contribution in [-0.2, 0) is 6.54 Å². The van der Waals surface area contributed by atoms with Crippen LogP contribution in [0.15, 0.2) is 36.4 Å². The maximum Gasteiger partial charge on any atom is 0.317 e. The maximum atomic E-state index is 11.4. The molecule has 1 saturated heterocycles. The summed E-state index contributed by atoms with van der Waals surface area (Å²) >= 11 is 0. The van der Waals surface area contributed by atoms with Crippen LogP contribution in [0.25, 0.3) is 0 Å². The van der Waals surface area contributed by atoms with Crippen molar-refractivity contribution in [2.75, 3.05) is 32.8 Å². The summed E-state index contributed by atoms with van der Waals surface area (Å²) < 4.78 is 5.62. The Kier molecular flexibility index (Phi) is 5.63. The van der Waals surface area contributed by atoms with E-state index in [9.17, 15) is 4.79 Å². The molecule has 0 unspecified atom stereocenters. The molecular formula is C16H23N3O2. The molecule has 1 aliphatic rings. The minimum absolute atomic E-state index is 0.0343. The molecular weight excluding hydrogens is 266 g/mol. The monoisotopic (exact) mass is 289 g/mol. The fourth-order valence-electron chi connectivity index (χ4n) is 2.12. The van der Waals surface area contributed by atoms with Crippen LogP contribution >= 0.6 is 0 Å². The number of nitrogens with zero attached hydrogens (tertiary/aromatic N) is 1. The highest BCUT2D eigenvalue weighted by molar-refractivity contribution is 5.76. The van der Waals surface area contributed by atoms with E-state index in [0.717, 1.165) is 44.0 Å². The summed E-state index contributed by atoms with van der Waals surface area (Å²) in [6.45, 7) is 10.1. The number of ether oxygens (including phenoxy) is 1. The number of urea groups is 1. The Morgan fingerprint density at radius 3 is 3.10 bits per heavy atom. The fraction of sp³-hybridized carbons (Fsp3) is 0.438. The zero-order valence-electron chi connectivity index (χ0n) is 12.5. The quantitative estimate of drug-likeness (QED) is 0.566. The molecule has 1 fully saturated rings. The molecule has 0 aromatic heterocycles. The van der Waals surface area contributed by atoms with Crippen molar-refractivity contribution in [1.29, 1.82) is 0 Å². The zero-order valence-corrected chi connectivity index (χ0v) is 12.5. The fourth-order valence-corrected chi connectivity index (χ4v) is 2.12. The van der Waals surface area contributed by atoms with Gasteiger partial charge >= 0.3 is 6.03 Å². The summed E-state index contributed by atoms with van der Waals surface area (Å²) in [6, 6.07) is 8.05. The number of rotatable bonds is 8. The number of nitrogens with one attached hydrogen (secondary N) is 2. The van der Waals surface area contributed by atoms with Crippen LogP contribution in [0.3, 0.4) is 0 Å². The number of benzene rings is 1. The van der Waals surface area contributed by atoms with E-state index in [1.165, 1.54) is 5.56 Å². The van der Waals surface area contributed by atoms with Crippen molar-refractivity contribution in [3.05, 3.63) is 42.0 Å². The first-order valence-corrected chi connectivity index (χ1v) is 7.25. The van der Waals surface area contributed by atoms with Crippen molar-refractivity contribution in [3.63, 3.8) is 0 Å². The minimum Gasteiger partial charge on any atom is -0.489 e. The Balaban J connectivity index is 1.71. The maximum absolute atomic E-state index is 11.4. The van der Waals surface area contributed by atoms with Gasteiger partial charge in [-0.2, -0.15) is 0 Å². The lowest BCUT2D eigenvalue weighted by Crippen LogP contribution is -2.34. The van der Waals surface area contributed by atoms with E-state index in [0.29, 0.717) is 6.61 Å². The Hall–Kier alpha value is -2.01. The summed E-state index contributed by atoms with van der Waals surface area (Å²) in [5, 5.41) is 6.14. The Labute approximate surface area is 126 Å². The van der Waals surface area contributed by atoms with Gasteiger partial charge in [0.1, 0.15) is 12.4 Å². The van der Waals surface area contributed by atoms with Gasteiger partial charge in [-0.1, -0.05) is 18.7 Å². The predicted octanol–water partition coefficient (Wildman–Crippen LogP) is 1.76. The van der Waals surface area contributed by atoms with Gasteiger partial charge in [0, 0.05) is 32.7 Å². The molecule has 2 rings (SSSR count). The van der Waals surface area contributed by atoms with Gasteiger partial charge in [-0.15, -0.1) is 0 Å². The highest BCUT2D eigenvalue weighted by atomic mass is 16.5. The molecule has 5 heteroatoms. The number of carbonyl (C=O) groups excluding carboxylic acids is 1. The topological polar surface area (TPSA) is 53.6 Å². The lowest BCUT2D eigenvalue weighted by atomic mass is 10.2. The van der Waals surface area contributed by atoms with E-state index in [4.69, 9.17) is 4.74 Å². The van der Waals surface area contributed by atoms with Gasteiger partial charge in [-0.25, -0.2) is 4.79 Å². The third-order valence-corrected chi connectivity index (χ3v) is 3.22. The van der Waals surface area contributed by atoms with Gasteiger partial charge in [0.2, 0.25) is 0 Å². The van der Waals surface area contributed by atoms with Gasteiger partial charge < -0.3 is 20.3 Å². The van der Waals surface area contributed by atoms with E-state index < -0.39 is 0 Å². The molecule has 0 bridgehead atoms. The average molecular weight is 289 g/mol. The lowest BCUT2D eigenvalue weighted by Gasteiger charge is -2.14. The van der Waals surface area contributed by atoms with Gasteiger partial charge in [-0.3, -0.25) is 0 Å². The van der Waals surface area contributed by atoms with Gasteiger partial charge in [0.05, 0.1) is 0 Å².